The monoisotopic (exact) mass is 209 g/mol. The quantitative estimate of drug-likeness (QED) is 0.379. The maximum Gasteiger partial charge on any atom is 0.267 e. The molecule has 13 heavy (non-hydrogen) atoms. The number of nitrogens with one attached hydrogen (secondary N) is 1. The minimum Gasteiger partial charge on any atom is -0.390 e. The molecule has 76 valence electrons. The maximum atomic E-state index is 10.5. The Kier molecular flexibility index (Phi) is 4.60. The van der Waals surface area contributed by atoms with Crippen molar-refractivity contribution in [3.63, 3.8) is 0 Å². The van der Waals surface area contributed by atoms with Gasteiger partial charge < -0.3 is 10.4 Å². The van der Waals surface area contributed by atoms with E-state index in [0.29, 0.717) is 0 Å². The summed E-state index contributed by atoms with van der Waals surface area (Å²) in [7, 11) is -4.21. The topological polar surface area (TPSA) is 104 Å². The van der Waals surface area contributed by atoms with Gasteiger partial charge in [-0.3, -0.25) is 9.35 Å². The van der Waals surface area contributed by atoms with E-state index < -0.39 is 27.9 Å². The van der Waals surface area contributed by atoms with Crippen molar-refractivity contribution in [1.82, 2.24) is 5.32 Å². The lowest BCUT2D eigenvalue weighted by molar-refractivity contribution is -0.116. The van der Waals surface area contributed by atoms with E-state index in [-0.39, 0.29) is 6.54 Å². The van der Waals surface area contributed by atoms with Gasteiger partial charge >= 0.3 is 0 Å². The molecule has 0 spiro atoms. The van der Waals surface area contributed by atoms with Gasteiger partial charge in [-0.1, -0.05) is 6.58 Å². The van der Waals surface area contributed by atoms with Crippen molar-refractivity contribution in [3.8, 4) is 0 Å². The fraction of sp³-hybridized carbons (Fsp3) is 0.500. The van der Waals surface area contributed by atoms with Crippen LogP contribution in [0.15, 0.2) is 12.7 Å². The van der Waals surface area contributed by atoms with E-state index in [1.54, 1.807) is 0 Å². The smallest absolute Gasteiger partial charge is 0.267 e. The highest BCUT2D eigenvalue weighted by molar-refractivity contribution is 7.85. The average Bonchev–Trinajstić information content (AvgIpc) is 1.97. The Morgan fingerprint density at radius 2 is 2.15 bits per heavy atom. The van der Waals surface area contributed by atoms with E-state index in [2.05, 4.69) is 11.9 Å². The molecule has 0 radical (unpaired) electrons. The van der Waals surface area contributed by atoms with Gasteiger partial charge in [-0.05, 0) is 6.08 Å². The molecule has 0 saturated carbocycles. The van der Waals surface area contributed by atoms with Crippen molar-refractivity contribution in [2.24, 2.45) is 0 Å². The molecule has 6 nitrogen and oxygen atoms in total. The van der Waals surface area contributed by atoms with Gasteiger partial charge in [0.25, 0.3) is 10.1 Å². The Balaban J connectivity index is 3.83. The second kappa shape index (κ2) is 4.95. The summed E-state index contributed by atoms with van der Waals surface area (Å²) in [5.74, 6) is -1.32. The third-order valence-electron chi connectivity index (χ3n) is 1.10. The van der Waals surface area contributed by atoms with E-state index in [4.69, 9.17) is 9.66 Å². The summed E-state index contributed by atoms with van der Waals surface area (Å²) >= 11 is 0. The molecular formula is C6H11NO5S. The Bertz CT molecular complexity index is 283. The zero-order valence-corrected chi connectivity index (χ0v) is 7.62. The number of rotatable bonds is 5. The van der Waals surface area contributed by atoms with Gasteiger partial charge in [0.2, 0.25) is 5.91 Å². The normalized spacial score (nSPS) is 13.4. The molecule has 1 atom stereocenters. The van der Waals surface area contributed by atoms with Crippen LogP contribution in [0, 0.1) is 0 Å². The average molecular weight is 209 g/mol. The third kappa shape index (κ3) is 7.44. The van der Waals surface area contributed by atoms with Gasteiger partial charge in [0, 0.05) is 6.54 Å². The maximum absolute atomic E-state index is 10.5. The Labute approximate surface area is 76.0 Å². The van der Waals surface area contributed by atoms with Crippen molar-refractivity contribution >= 4 is 16.0 Å². The third-order valence-corrected chi connectivity index (χ3v) is 1.91. The van der Waals surface area contributed by atoms with Gasteiger partial charge in [-0.15, -0.1) is 0 Å². The minimum absolute atomic E-state index is 0.245. The van der Waals surface area contributed by atoms with Gasteiger partial charge in [0.1, 0.15) is 5.75 Å². The molecule has 1 amide bonds. The lowest BCUT2D eigenvalue weighted by Gasteiger charge is -2.08. The number of aliphatic hydroxyl groups excluding tert-OH is 1. The highest BCUT2D eigenvalue weighted by atomic mass is 32.2. The molecule has 0 aromatic carbocycles. The molecule has 3 N–H and O–H groups in total. The molecule has 0 aliphatic carbocycles. The van der Waals surface area contributed by atoms with Crippen molar-refractivity contribution < 1.29 is 22.9 Å². The van der Waals surface area contributed by atoms with Gasteiger partial charge in [0.05, 0.1) is 6.10 Å². The molecule has 0 bridgehead atoms. The van der Waals surface area contributed by atoms with Crippen molar-refractivity contribution in [3.05, 3.63) is 12.7 Å². The van der Waals surface area contributed by atoms with Crippen LogP contribution in [-0.2, 0) is 14.9 Å². The number of amides is 1. The van der Waals surface area contributed by atoms with E-state index in [1.165, 1.54) is 0 Å². The minimum atomic E-state index is -4.21. The Morgan fingerprint density at radius 1 is 1.62 bits per heavy atom. The number of aliphatic hydroxyl groups is 1. The van der Waals surface area contributed by atoms with Crippen LogP contribution >= 0.6 is 0 Å². The summed E-state index contributed by atoms with van der Waals surface area (Å²) in [6.07, 6.45) is -0.334. The first-order valence-corrected chi connectivity index (χ1v) is 4.99. The number of hydrogen-bond acceptors (Lipinski definition) is 4. The lowest BCUT2D eigenvalue weighted by atomic mass is 10.4. The highest BCUT2D eigenvalue weighted by Crippen LogP contribution is 1.88. The lowest BCUT2D eigenvalue weighted by Crippen LogP contribution is -2.34. The predicted molar refractivity (Wildman–Crippen MR) is 45.6 cm³/mol. The fourth-order valence-electron chi connectivity index (χ4n) is 0.593. The summed E-state index contributed by atoms with van der Waals surface area (Å²) in [6.45, 7) is 2.91. The van der Waals surface area contributed by atoms with E-state index in [1.807, 2.05) is 0 Å². The van der Waals surface area contributed by atoms with Crippen LogP contribution < -0.4 is 5.32 Å². The fourth-order valence-corrected chi connectivity index (χ4v) is 1.20. The first-order valence-electron chi connectivity index (χ1n) is 3.38. The van der Waals surface area contributed by atoms with Crippen LogP contribution in [0.3, 0.4) is 0 Å². The molecule has 7 heteroatoms. The molecular weight excluding hydrogens is 198 g/mol. The van der Waals surface area contributed by atoms with Crippen molar-refractivity contribution in [1.29, 1.82) is 0 Å². The van der Waals surface area contributed by atoms with E-state index in [9.17, 15) is 13.2 Å². The van der Waals surface area contributed by atoms with Crippen LogP contribution in [0.5, 0.6) is 0 Å². The largest absolute Gasteiger partial charge is 0.390 e. The first-order chi connectivity index (χ1) is 5.85. The molecule has 0 aromatic rings. The molecule has 0 aromatic heterocycles. The summed E-state index contributed by atoms with van der Waals surface area (Å²) in [4.78, 5) is 10.5. The molecule has 0 heterocycles. The summed E-state index contributed by atoms with van der Waals surface area (Å²) < 4.78 is 28.7. The van der Waals surface area contributed by atoms with Gasteiger partial charge in [0.15, 0.2) is 0 Å². The molecule has 0 rings (SSSR count). The number of carbonyl (C=O) groups is 1. The molecule has 0 aliphatic rings. The molecule has 1 unspecified atom stereocenters. The number of hydrogen-bond donors (Lipinski definition) is 3. The number of carbonyl (C=O) groups excluding carboxylic acids is 1. The zero-order valence-electron chi connectivity index (χ0n) is 6.80. The first kappa shape index (κ1) is 12.1. The van der Waals surface area contributed by atoms with Crippen LogP contribution in [-0.4, -0.2) is 42.4 Å². The second-order valence-corrected chi connectivity index (χ2v) is 3.85. The van der Waals surface area contributed by atoms with Gasteiger partial charge in [-0.2, -0.15) is 8.42 Å². The Morgan fingerprint density at radius 3 is 2.54 bits per heavy atom. The van der Waals surface area contributed by atoms with Crippen molar-refractivity contribution in [2.75, 3.05) is 12.3 Å². The SMILES string of the molecule is C=CC(=O)NCC(O)CS(=O)(=O)O. The summed E-state index contributed by atoms with van der Waals surface area (Å²) in [5, 5.41) is 11.1. The van der Waals surface area contributed by atoms with E-state index in [0.717, 1.165) is 6.08 Å². The van der Waals surface area contributed by atoms with Crippen LogP contribution in [0.4, 0.5) is 0 Å². The predicted octanol–water partition coefficient (Wildman–Crippen LogP) is -1.46. The van der Waals surface area contributed by atoms with E-state index >= 15 is 0 Å². The van der Waals surface area contributed by atoms with Crippen LogP contribution in [0.1, 0.15) is 0 Å². The highest BCUT2D eigenvalue weighted by Gasteiger charge is 2.13. The molecule has 0 saturated heterocycles. The van der Waals surface area contributed by atoms with Crippen molar-refractivity contribution in [2.45, 2.75) is 6.10 Å². The zero-order chi connectivity index (χ0) is 10.5. The summed E-state index contributed by atoms with van der Waals surface area (Å²) in [6, 6.07) is 0. The summed E-state index contributed by atoms with van der Waals surface area (Å²) in [5.41, 5.74) is 0. The molecule has 0 aliphatic heterocycles. The van der Waals surface area contributed by atoms with Gasteiger partial charge in [-0.25, -0.2) is 0 Å². The van der Waals surface area contributed by atoms with Crippen LogP contribution in [0.2, 0.25) is 0 Å². The Hall–Kier alpha value is -0.920. The standard InChI is InChI=1S/C6H11NO5S/c1-2-6(9)7-3-5(8)4-13(10,11)12/h2,5,8H,1,3-4H2,(H,7,9)(H,10,11,12). The van der Waals surface area contributed by atoms with Crippen LogP contribution in [0.25, 0.3) is 0 Å². The molecule has 0 fully saturated rings. The second-order valence-electron chi connectivity index (χ2n) is 2.35.